The monoisotopic (exact) mass is 253 g/mol. The Morgan fingerprint density at radius 3 is 2.61 bits per heavy atom. The lowest BCUT2D eigenvalue weighted by Gasteiger charge is -2.08. The molecule has 1 amide bonds. The van der Waals surface area contributed by atoms with Crippen molar-refractivity contribution in [1.82, 2.24) is 5.32 Å². The maximum absolute atomic E-state index is 11.0. The van der Waals surface area contributed by atoms with Crippen molar-refractivity contribution in [3.63, 3.8) is 0 Å². The Bertz CT molecular complexity index is 500. The van der Waals surface area contributed by atoms with Gasteiger partial charge < -0.3 is 15.7 Å². The second-order valence-corrected chi connectivity index (χ2v) is 3.32. The number of carbonyl (C=O) groups is 2. The zero-order valence-corrected chi connectivity index (χ0v) is 9.47. The number of carboxylic acids is 1. The van der Waals surface area contributed by atoms with E-state index in [-0.39, 0.29) is 29.4 Å². The molecule has 0 aliphatic rings. The van der Waals surface area contributed by atoms with E-state index in [4.69, 9.17) is 5.11 Å². The van der Waals surface area contributed by atoms with Gasteiger partial charge in [0.15, 0.2) is 0 Å². The number of hydrogen-bond acceptors (Lipinski definition) is 5. The summed E-state index contributed by atoms with van der Waals surface area (Å²) in [6.45, 7) is -0.116. The van der Waals surface area contributed by atoms with Crippen LogP contribution in [0.25, 0.3) is 0 Å². The van der Waals surface area contributed by atoms with Crippen LogP contribution in [0.5, 0.6) is 0 Å². The van der Waals surface area contributed by atoms with Crippen molar-refractivity contribution in [2.24, 2.45) is 0 Å². The Kier molecular flexibility index (Phi) is 4.19. The van der Waals surface area contributed by atoms with Crippen LogP contribution in [0, 0.1) is 10.1 Å². The predicted octanol–water partition coefficient (Wildman–Crippen LogP) is 0.451. The number of nitro groups is 1. The van der Waals surface area contributed by atoms with Gasteiger partial charge in [0.2, 0.25) is 5.91 Å². The SMILES string of the molecule is CNC(=O)CNc1ccc([N+](=O)[O-])cc1C(=O)O. The molecule has 0 aliphatic heterocycles. The second-order valence-electron chi connectivity index (χ2n) is 3.32. The highest BCUT2D eigenvalue weighted by Gasteiger charge is 2.16. The quantitative estimate of drug-likeness (QED) is 0.517. The van der Waals surface area contributed by atoms with Crippen LogP contribution >= 0.6 is 0 Å². The average molecular weight is 253 g/mol. The molecule has 0 bridgehead atoms. The van der Waals surface area contributed by atoms with Crippen LogP contribution in [0.4, 0.5) is 11.4 Å². The molecule has 0 aliphatic carbocycles. The lowest BCUT2D eigenvalue weighted by Crippen LogP contribution is -2.26. The van der Waals surface area contributed by atoms with Crippen LogP contribution in [0.1, 0.15) is 10.4 Å². The Balaban J connectivity index is 3.00. The Morgan fingerprint density at radius 2 is 2.11 bits per heavy atom. The smallest absolute Gasteiger partial charge is 0.338 e. The van der Waals surface area contributed by atoms with Gasteiger partial charge in [-0.1, -0.05) is 0 Å². The summed E-state index contributed by atoms with van der Waals surface area (Å²) in [5, 5.41) is 24.4. The minimum atomic E-state index is -1.31. The number of rotatable bonds is 5. The molecule has 96 valence electrons. The molecule has 3 N–H and O–H groups in total. The Morgan fingerprint density at radius 1 is 1.44 bits per heavy atom. The third-order valence-electron chi connectivity index (χ3n) is 2.16. The van der Waals surface area contributed by atoms with Crippen LogP contribution in [0.15, 0.2) is 18.2 Å². The Labute approximate surface area is 102 Å². The maximum atomic E-state index is 11.0. The van der Waals surface area contributed by atoms with Crippen molar-refractivity contribution < 1.29 is 19.6 Å². The number of nitrogens with zero attached hydrogens (tertiary/aromatic N) is 1. The van der Waals surface area contributed by atoms with Crippen molar-refractivity contribution in [2.45, 2.75) is 0 Å². The topological polar surface area (TPSA) is 122 Å². The zero-order valence-electron chi connectivity index (χ0n) is 9.47. The first-order valence-electron chi connectivity index (χ1n) is 4.92. The van der Waals surface area contributed by atoms with Gasteiger partial charge in [0.25, 0.3) is 5.69 Å². The van der Waals surface area contributed by atoms with Gasteiger partial charge in [-0.25, -0.2) is 4.79 Å². The van der Waals surface area contributed by atoms with Crippen LogP contribution in [0.2, 0.25) is 0 Å². The lowest BCUT2D eigenvalue weighted by molar-refractivity contribution is -0.384. The molecule has 18 heavy (non-hydrogen) atoms. The van der Waals surface area contributed by atoms with E-state index in [9.17, 15) is 19.7 Å². The number of nitrogens with one attached hydrogen (secondary N) is 2. The van der Waals surface area contributed by atoms with E-state index in [1.165, 1.54) is 19.2 Å². The first-order chi connectivity index (χ1) is 8.45. The van der Waals surface area contributed by atoms with E-state index >= 15 is 0 Å². The number of carboxylic acid groups (broad SMARTS) is 1. The van der Waals surface area contributed by atoms with Gasteiger partial charge in [0.05, 0.1) is 17.0 Å². The molecule has 0 unspecified atom stereocenters. The number of benzene rings is 1. The van der Waals surface area contributed by atoms with Gasteiger partial charge in [-0.3, -0.25) is 14.9 Å². The van der Waals surface area contributed by atoms with Gasteiger partial charge in [0, 0.05) is 24.9 Å². The zero-order chi connectivity index (χ0) is 13.7. The summed E-state index contributed by atoms with van der Waals surface area (Å²) in [5.74, 6) is -1.64. The lowest BCUT2D eigenvalue weighted by atomic mass is 10.1. The third-order valence-corrected chi connectivity index (χ3v) is 2.16. The molecule has 1 aromatic rings. The second kappa shape index (κ2) is 5.62. The molecule has 0 saturated carbocycles. The van der Waals surface area contributed by atoms with Crippen molar-refractivity contribution in [1.29, 1.82) is 0 Å². The summed E-state index contributed by atoms with van der Waals surface area (Å²) >= 11 is 0. The van der Waals surface area contributed by atoms with Crippen LogP contribution in [0.3, 0.4) is 0 Å². The van der Waals surface area contributed by atoms with Crippen molar-refractivity contribution in [2.75, 3.05) is 18.9 Å². The molecular weight excluding hydrogens is 242 g/mol. The molecule has 0 radical (unpaired) electrons. The highest BCUT2D eigenvalue weighted by atomic mass is 16.6. The number of nitro benzene ring substituents is 1. The standard InChI is InChI=1S/C10H11N3O5/c1-11-9(14)5-12-8-3-2-6(13(17)18)4-7(8)10(15)16/h2-4,12H,5H2,1H3,(H,11,14)(H,15,16). The minimum Gasteiger partial charge on any atom is -0.478 e. The van der Waals surface area contributed by atoms with E-state index in [0.29, 0.717) is 0 Å². The molecule has 8 heteroatoms. The van der Waals surface area contributed by atoms with Crippen molar-refractivity contribution >= 4 is 23.3 Å². The molecule has 0 spiro atoms. The molecule has 0 fully saturated rings. The Hall–Kier alpha value is -2.64. The summed E-state index contributed by atoms with van der Waals surface area (Å²) < 4.78 is 0. The number of non-ortho nitro benzene ring substituents is 1. The summed E-state index contributed by atoms with van der Waals surface area (Å²) in [6.07, 6.45) is 0. The van der Waals surface area contributed by atoms with E-state index in [2.05, 4.69) is 10.6 Å². The summed E-state index contributed by atoms with van der Waals surface area (Å²) in [7, 11) is 1.44. The number of carbonyl (C=O) groups excluding carboxylic acids is 1. The maximum Gasteiger partial charge on any atom is 0.338 e. The predicted molar refractivity (Wildman–Crippen MR) is 62.6 cm³/mol. The summed E-state index contributed by atoms with van der Waals surface area (Å²) in [4.78, 5) is 31.8. The van der Waals surface area contributed by atoms with E-state index in [0.717, 1.165) is 6.07 Å². The molecule has 0 aromatic heterocycles. The molecule has 0 saturated heterocycles. The number of amides is 1. The van der Waals surface area contributed by atoms with Gasteiger partial charge in [-0.2, -0.15) is 0 Å². The van der Waals surface area contributed by atoms with Crippen molar-refractivity contribution in [3.8, 4) is 0 Å². The van der Waals surface area contributed by atoms with Crippen LogP contribution in [-0.2, 0) is 4.79 Å². The summed E-state index contributed by atoms with van der Waals surface area (Å²) in [5.41, 5.74) is -0.428. The van der Waals surface area contributed by atoms with E-state index in [1.807, 2.05) is 0 Å². The van der Waals surface area contributed by atoms with Gasteiger partial charge in [-0.05, 0) is 6.07 Å². The summed E-state index contributed by atoms with van der Waals surface area (Å²) in [6, 6.07) is 3.36. The van der Waals surface area contributed by atoms with Crippen LogP contribution in [-0.4, -0.2) is 35.5 Å². The normalized spacial score (nSPS) is 9.61. The van der Waals surface area contributed by atoms with Gasteiger partial charge in [0.1, 0.15) is 0 Å². The number of hydrogen-bond donors (Lipinski definition) is 3. The van der Waals surface area contributed by atoms with Crippen molar-refractivity contribution in [3.05, 3.63) is 33.9 Å². The highest BCUT2D eigenvalue weighted by Crippen LogP contribution is 2.21. The molecular formula is C10H11N3O5. The molecule has 0 heterocycles. The average Bonchev–Trinajstić information content (AvgIpc) is 2.35. The fourth-order valence-electron chi connectivity index (χ4n) is 1.24. The van der Waals surface area contributed by atoms with Gasteiger partial charge in [-0.15, -0.1) is 0 Å². The minimum absolute atomic E-state index is 0.116. The third kappa shape index (κ3) is 3.17. The van der Waals surface area contributed by atoms with Gasteiger partial charge >= 0.3 is 5.97 Å². The van der Waals surface area contributed by atoms with E-state index in [1.54, 1.807) is 0 Å². The number of aromatic carboxylic acids is 1. The number of anilines is 1. The van der Waals surface area contributed by atoms with E-state index < -0.39 is 10.9 Å². The fraction of sp³-hybridized carbons (Fsp3) is 0.200. The van der Waals surface area contributed by atoms with Crippen LogP contribution < -0.4 is 10.6 Å². The first kappa shape index (κ1) is 13.4. The first-order valence-corrected chi connectivity index (χ1v) is 4.92. The highest BCUT2D eigenvalue weighted by molar-refractivity contribution is 5.95. The molecule has 0 atom stereocenters. The number of likely N-dealkylation sites (N-methyl/N-ethyl adjacent to an activating group) is 1. The molecule has 1 rings (SSSR count). The molecule has 1 aromatic carbocycles. The fourth-order valence-corrected chi connectivity index (χ4v) is 1.24. The largest absolute Gasteiger partial charge is 0.478 e. The molecule has 8 nitrogen and oxygen atoms in total.